The first-order valence-corrected chi connectivity index (χ1v) is 30.5. The number of hydrogen-bond acceptors (Lipinski definition) is 14. The van der Waals surface area contributed by atoms with E-state index in [1.807, 2.05) is 95.0 Å². The van der Waals surface area contributed by atoms with Crippen molar-refractivity contribution in [2.45, 2.75) is 93.9 Å². The molecule has 19 heteroatoms. The van der Waals surface area contributed by atoms with Crippen LogP contribution in [-0.4, -0.2) is 90.0 Å². The molecule has 2 N–H and O–H groups in total. The second-order valence-electron chi connectivity index (χ2n) is 21.8. The van der Waals surface area contributed by atoms with Crippen LogP contribution in [0, 0.1) is 0 Å². The van der Waals surface area contributed by atoms with Gasteiger partial charge in [0.1, 0.15) is 22.7 Å². The number of imidazole rings is 1. The Hall–Kier alpha value is -9.33. The first kappa shape index (κ1) is 60.8. The Morgan fingerprint density at radius 1 is 0.770 bits per heavy atom. The number of anilines is 2. The summed E-state index contributed by atoms with van der Waals surface area (Å²) < 4.78 is 21.3. The minimum absolute atomic E-state index is 0.157. The Morgan fingerprint density at radius 3 is 1.97 bits per heavy atom. The van der Waals surface area contributed by atoms with Gasteiger partial charge in [-0.1, -0.05) is 170 Å². The first-order chi connectivity index (χ1) is 42.0. The Morgan fingerprint density at radius 2 is 1.38 bits per heavy atom. The zero-order valence-electron chi connectivity index (χ0n) is 49.4. The van der Waals surface area contributed by atoms with Crippen LogP contribution in [0.15, 0.2) is 187 Å². The van der Waals surface area contributed by atoms with Gasteiger partial charge in [0.25, 0.3) is 11.1 Å². The van der Waals surface area contributed by atoms with E-state index in [0.717, 1.165) is 73.4 Å². The van der Waals surface area contributed by atoms with Crippen LogP contribution in [-0.2, 0) is 44.0 Å². The number of nitrogens with zero attached hydrogens (tertiary/aromatic N) is 7. The molecule has 1 aliphatic rings. The van der Waals surface area contributed by atoms with Gasteiger partial charge in [0.2, 0.25) is 5.91 Å². The van der Waals surface area contributed by atoms with E-state index >= 15 is 0 Å². The second-order valence-corrected chi connectivity index (χ2v) is 24.4. The normalized spacial score (nSPS) is 13.6. The number of aromatic nitrogens is 6. The van der Waals surface area contributed by atoms with E-state index in [0.29, 0.717) is 53.7 Å². The quantitative estimate of drug-likeness (QED) is 0.0368. The van der Waals surface area contributed by atoms with Gasteiger partial charge in [0.05, 0.1) is 34.2 Å². The number of rotatable bonds is 22. The van der Waals surface area contributed by atoms with E-state index in [9.17, 15) is 24.0 Å². The molecule has 2 atom stereocenters. The Kier molecular flexibility index (Phi) is 18.8. The summed E-state index contributed by atoms with van der Waals surface area (Å²) in [6.45, 7) is 11.3. The number of benzene rings is 7. The number of imide groups is 1. The maximum absolute atomic E-state index is 14.3. The van der Waals surface area contributed by atoms with Gasteiger partial charge in [-0.15, -0.1) is 16.9 Å². The summed E-state index contributed by atoms with van der Waals surface area (Å²) in [6.07, 6.45) is 1.09. The molecule has 7 aromatic carbocycles. The average Bonchev–Trinajstić information content (AvgIpc) is 1.82. The molecular weight excluding hydrogens is 1130 g/mol. The molecule has 10 rings (SSSR count). The monoisotopic (exact) mass is 1200 g/mol. The van der Waals surface area contributed by atoms with Gasteiger partial charge >= 0.3 is 12.1 Å². The average molecular weight is 1200 g/mol. The van der Waals surface area contributed by atoms with E-state index in [2.05, 4.69) is 89.5 Å². The molecule has 4 amide bonds. The van der Waals surface area contributed by atoms with Crippen LogP contribution in [0.2, 0.25) is 0 Å². The van der Waals surface area contributed by atoms with Crippen molar-refractivity contribution < 1.29 is 38.2 Å². The van der Waals surface area contributed by atoms with Crippen LogP contribution < -0.4 is 20.3 Å². The van der Waals surface area contributed by atoms with Gasteiger partial charge < -0.3 is 24.1 Å². The third-order valence-electron chi connectivity index (χ3n) is 14.6. The Balaban J connectivity index is 0.917. The summed E-state index contributed by atoms with van der Waals surface area (Å²) >= 11 is 2.40. The molecule has 2 unspecified atom stereocenters. The van der Waals surface area contributed by atoms with Crippen molar-refractivity contribution in [1.29, 1.82) is 0 Å². The zero-order chi connectivity index (χ0) is 61.2. The number of aryl methyl sites for hydroxylation is 1. The standard InChI is InChI=1S/C68H67N9O8S2/c1-8-21-58-70-60(44(3)86-52-38-39-55(56(41-52)75(7)66(82)85-67(4,5)6)69-59(78)43-84-51-36-32-45(33-37-51)40-57-63(79)71-65(81)87-57)61(64(80)83-9-2)76(58)42-46-30-34-47(35-31-46)53-28-19-20-29-54(53)62-72-73-74-77(62)68(48-22-13-10-14-23-48,49-24-15-11-16-25-49)50-26-17-12-18-27-50/h10-20,22-39,41,44,57H,8-9,21,40,42-43H2,1-7H3,(H,69,78)(H,71,79,81). The van der Waals surface area contributed by atoms with Crippen molar-refractivity contribution in [3.63, 3.8) is 0 Å². The molecule has 0 saturated carbocycles. The molecule has 17 nitrogen and oxygen atoms in total. The van der Waals surface area contributed by atoms with Crippen LogP contribution in [0.5, 0.6) is 5.75 Å². The van der Waals surface area contributed by atoms with E-state index < -0.39 is 39.6 Å². The summed E-state index contributed by atoms with van der Waals surface area (Å²) in [5, 5.41) is 17.9. The number of ether oxygens (including phenoxy) is 3. The number of tetrazole rings is 1. The van der Waals surface area contributed by atoms with E-state index in [1.165, 1.54) is 16.7 Å². The van der Waals surface area contributed by atoms with Crippen LogP contribution in [0.4, 0.5) is 21.0 Å². The maximum atomic E-state index is 14.3. The topological polar surface area (TPSA) is 202 Å². The molecule has 3 heterocycles. The molecule has 1 fully saturated rings. The lowest BCUT2D eigenvalue weighted by atomic mass is 9.77. The first-order valence-electron chi connectivity index (χ1n) is 28.8. The predicted octanol–water partition coefficient (Wildman–Crippen LogP) is 13.4. The van der Waals surface area contributed by atoms with Crippen LogP contribution in [0.25, 0.3) is 22.5 Å². The lowest BCUT2D eigenvalue weighted by Crippen LogP contribution is -2.39. The highest BCUT2D eigenvalue weighted by atomic mass is 32.2. The summed E-state index contributed by atoms with van der Waals surface area (Å²) in [5.41, 5.74) is 7.28. The van der Waals surface area contributed by atoms with E-state index in [1.54, 1.807) is 71.1 Å². The van der Waals surface area contributed by atoms with Gasteiger partial charge in [-0.3, -0.25) is 24.6 Å². The molecule has 9 aromatic rings. The largest absolute Gasteiger partial charge is 0.484 e. The predicted molar refractivity (Wildman–Crippen MR) is 339 cm³/mol. The van der Waals surface area contributed by atoms with Crippen molar-refractivity contribution in [1.82, 2.24) is 35.1 Å². The highest BCUT2D eigenvalue weighted by molar-refractivity contribution is 8.15. The fourth-order valence-corrected chi connectivity index (χ4v) is 12.5. The van der Waals surface area contributed by atoms with Crippen molar-refractivity contribution in [2.24, 2.45) is 0 Å². The lowest BCUT2D eigenvalue weighted by molar-refractivity contribution is -0.119. The lowest BCUT2D eigenvalue weighted by Gasteiger charge is -2.36. The highest BCUT2D eigenvalue weighted by Crippen LogP contribution is 2.44. The minimum Gasteiger partial charge on any atom is -0.484 e. The number of esters is 1. The fraction of sp³-hybridized carbons (Fsp3) is 0.250. The molecule has 0 bridgehead atoms. The van der Waals surface area contributed by atoms with Gasteiger partial charge in [-0.25, -0.2) is 19.3 Å². The Bertz CT molecular complexity index is 3810. The molecule has 0 aliphatic carbocycles. The van der Waals surface area contributed by atoms with Crippen molar-refractivity contribution in [3.05, 3.63) is 227 Å². The van der Waals surface area contributed by atoms with Gasteiger partial charge in [-0.05, 0) is 127 Å². The summed E-state index contributed by atoms with van der Waals surface area (Å²) in [6, 6.07) is 59.6. The fourth-order valence-electron chi connectivity index (χ4n) is 10.6. The maximum Gasteiger partial charge on any atom is 0.414 e. The number of nitrogens with one attached hydrogen (secondary N) is 2. The number of amides is 4. The third-order valence-corrected chi connectivity index (χ3v) is 16.7. The van der Waals surface area contributed by atoms with Gasteiger partial charge in [0.15, 0.2) is 18.1 Å². The minimum atomic E-state index is -0.949. The zero-order valence-corrected chi connectivity index (χ0v) is 51.1. The molecule has 0 radical (unpaired) electrons. The smallest absolute Gasteiger partial charge is 0.414 e. The molecule has 444 valence electrons. The highest BCUT2D eigenvalue weighted by Gasteiger charge is 2.42. The van der Waals surface area contributed by atoms with Gasteiger partial charge in [0, 0.05) is 30.5 Å². The Labute approximate surface area is 514 Å². The number of hydrogen-bond donors (Lipinski definition) is 2. The van der Waals surface area contributed by atoms with Crippen molar-refractivity contribution in [2.75, 3.05) is 30.5 Å². The number of carbonyl (C=O) groups is 5. The number of thioether (sulfide) groups is 2. The van der Waals surface area contributed by atoms with E-state index in [-0.39, 0.29) is 24.4 Å². The van der Waals surface area contributed by atoms with Crippen LogP contribution in [0.1, 0.15) is 103 Å². The second kappa shape index (κ2) is 26.9. The summed E-state index contributed by atoms with van der Waals surface area (Å²) in [7, 11) is 1.57. The third kappa shape index (κ3) is 13.7. The molecule has 87 heavy (non-hydrogen) atoms. The van der Waals surface area contributed by atoms with Crippen LogP contribution in [0.3, 0.4) is 0 Å². The summed E-state index contributed by atoms with van der Waals surface area (Å²) in [4.78, 5) is 72.5. The van der Waals surface area contributed by atoms with E-state index in [4.69, 9.17) is 29.5 Å². The molecule has 0 spiro atoms. The molecule has 2 aromatic heterocycles. The van der Waals surface area contributed by atoms with Gasteiger partial charge in [-0.2, -0.15) is 0 Å². The van der Waals surface area contributed by atoms with Crippen LogP contribution >= 0.6 is 23.5 Å². The molecular formula is C68H67N9O8S2. The molecule has 1 aliphatic heterocycles. The molecule has 1 saturated heterocycles. The van der Waals surface area contributed by atoms with Crippen molar-refractivity contribution >= 4 is 64.0 Å². The van der Waals surface area contributed by atoms with Crippen molar-refractivity contribution in [3.8, 4) is 28.3 Å². The number of carbonyl (C=O) groups excluding carboxylic acids is 5. The summed E-state index contributed by atoms with van der Waals surface area (Å²) in [5.74, 6) is 0.445. The SMILES string of the molecule is CCCc1nc(C(C)Sc2ccc(NC(=O)COc3ccc(CC4SC(=O)NC4=O)cc3)c(N(C)C(=O)OC(C)(C)C)c2)c(C(=O)OCC)n1Cc1ccc(-c2ccccc2-c2nnnn2C(c2ccccc2)(c2ccccc2)c2ccccc2)cc1.